The molecule has 1 aliphatic carbocycles. The number of nitrogens with one attached hydrogen (secondary N) is 1. The molecule has 1 amide bonds. The average molecular weight is 482 g/mol. The van der Waals surface area contributed by atoms with Crippen LogP contribution < -0.4 is 10.2 Å². The number of carbonyl (C=O) groups excluding carboxylic acids is 2. The zero-order valence-electron chi connectivity index (χ0n) is 18.6. The zero-order valence-corrected chi connectivity index (χ0v) is 19.3. The quantitative estimate of drug-likeness (QED) is 0.250. The number of hydrogen-bond donors (Lipinski definition) is 1. The fraction of sp³-hybridized carbons (Fsp3) is 0.259. The van der Waals surface area contributed by atoms with Gasteiger partial charge in [0.2, 0.25) is 0 Å². The molecule has 5 nitrogen and oxygen atoms in total. The molecule has 0 unspecified atom stereocenters. The van der Waals surface area contributed by atoms with Crippen molar-refractivity contribution < 1.29 is 23.6 Å². The van der Waals surface area contributed by atoms with Crippen molar-refractivity contribution in [1.82, 2.24) is 5.48 Å². The van der Waals surface area contributed by atoms with Gasteiger partial charge >= 0.3 is 5.97 Å². The highest BCUT2D eigenvalue weighted by Crippen LogP contribution is 2.44. The number of benzene rings is 3. The molecule has 3 aromatic rings. The summed E-state index contributed by atoms with van der Waals surface area (Å²) in [6, 6.07) is 20.0. The van der Waals surface area contributed by atoms with Gasteiger partial charge in [-0.1, -0.05) is 67.3 Å². The largest absolute Gasteiger partial charge is 0.426 e. The Hall–Kier alpha value is -3.22. The molecule has 0 heterocycles. The summed E-state index contributed by atoms with van der Waals surface area (Å²) < 4.78 is 20.5. The molecule has 7 heteroatoms. The van der Waals surface area contributed by atoms with Crippen LogP contribution in [-0.4, -0.2) is 11.9 Å². The van der Waals surface area contributed by atoms with Crippen molar-refractivity contribution >= 4 is 23.5 Å². The van der Waals surface area contributed by atoms with Gasteiger partial charge in [-0.2, -0.15) is 0 Å². The van der Waals surface area contributed by atoms with Gasteiger partial charge in [-0.3, -0.25) is 14.4 Å². The number of carbonyl (C=O) groups is 2. The van der Waals surface area contributed by atoms with Crippen molar-refractivity contribution in [2.75, 3.05) is 0 Å². The second-order valence-corrected chi connectivity index (χ2v) is 8.77. The molecule has 0 aliphatic heterocycles. The normalized spacial score (nSPS) is 14.9. The lowest BCUT2D eigenvalue weighted by atomic mass is 9.69. The van der Waals surface area contributed by atoms with Crippen molar-refractivity contribution in [3.05, 3.63) is 100 Å². The Kier molecular flexibility index (Phi) is 7.60. The second kappa shape index (κ2) is 10.8. The van der Waals surface area contributed by atoms with Gasteiger partial charge in [0.05, 0.1) is 12.0 Å². The van der Waals surface area contributed by atoms with E-state index < -0.39 is 23.1 Å². The molecule has 0 radical (unpaired) electrons. The number of hydroxylamine groups is 1. The molecular formula is C27H25ClFNO4. The van der Waals surface area contributed by atoms with Crippen molar-refractivity contribution in [3.8, 4) is 5.75 Å². The van der Waals surface area contributed by atoms with Crippen molar-refractivity contribution in [1.29, 1.82) is 0 Å². The van der Waals surface area contributed by atoms with Gasteiger partial charge in [0.15, 0.2) is 0 Å². The summed E-state index contributed by atoms with van der Waals surface area (Å²) in [5.74, 6) is -1.20. The van der Waals surface area contributed by atoms with Gasteiger partial charge in [0.1, 0.15) is 11.6 Å². The van der Waals surface area contributed by atoms with Crippen LogP contribution in [-0.2, 0) is 21.7 Å². The van der Waals surface area contributed by atoms with E-state index in [0.29, 0.717) is 18.4 Å². The fourth-order valence-electron chi connectivity index (χ4n) is 4.36. The van der Waals surface area contributed by atoms with E-state index in [1.807, 2.05) is 30.3 Å². The van der Waals surface area contributed by atoms with Gasteiger partial charge < -0.3 is 4.74 Å². The third kappa shape index (κ3) is 5.29. The molecule has 4 rings (SSSR count). The summed E-state index contributed by atoms with van der Waals surface area (Å²) in [6.07, 6.45) is 3.46. The molecule has 1 saturated carbocycles. The minimum Gasteiger partial charge on any atom is -0.426 e. The highest BCUT2D eigenvalue weighted by Gasteiger charge is 2.46. The summed E-state index contributed by atoms with van der Waals surface area (Å²) in [7, 11) is 0. The Morgan fingerprint density at radius 3 is 2.29 bits per heavy atom. The van der Waals surface area contributed by atoms with Crippen LogP contribution in [0.3, 0.4) is 0 Å². The molecule has 0 saturated heterocycles. The minimum absolute atomic E-state index is 0.202. The molecule has 34 heavy (non-hydrogen) atoms. The lowest BCUT2D eigenvalue weighted by Gasteiger charge is -2.36. The number of amides is 1. The van der Waals surface area contributed by atoms with E-state index in [0.717, 1.165) is 24.8 Å². The highest BCUT2D eigenvalue weighted by molar-refractivity contribution is 6.31. The number of rotatable bonds is 7. The summed E-state index contributed by atoms with van der Waals surface area (Å²) in [5, 5.41) is 0.223. The van der Waals surface area contributed by atoms with Crippen molar-refractivity contribution in [2.24, 2.45) is 0 Å². The zero-order chi connectivity index (χ0) is 24.0. The van der Waals surface area contributed by atoms with E-state index >= 15 is 0 Å². The number of esters is 1. The van der Waals surface area contributed by atoms with Crippen LogP contribution in [0.4, 0.5) is 4.39 Å². The van der Waals surface area contributed by atoms with Crippen LogP contribution in [0.25, 0.3) is 0 Å². The molecule has 1 N–H and O–H groups in total. The first-order valence-electron chi connectivity index (χ1n) is 11.2. The van der Waals surface area contributed by atoms with E-state index in [2.05, 4.69) is 5.48 Å². The van der Waals surface area contributed by atoms with Crippen LogP contribution >= 0.6 is 11.6 Å². The van der Waals surface area contributed by atoms with Gasteiger partial charge in [-0.15, -0.1) is 0 Å². The second-order valence-electron chi connectivity index (χ2n) is 8.36. The van der Waals surface area contributed by atoms with E-state index in [-0.39, 0.29) is 22.9 Å². The fourth-order valence-corrected chi connectivity index (χ4v) is 4.71. The summed E-state index contributed by atoms with van der Waals surface area (Å²) in [4.78, 5) is 30.9. The van der Waals surface area contributed by atoms with Gasteiger partial charge in [-0.05, 0) is 54.8 Å². The van der Waals surface area contributed by atoms with Crippen LogP contribution in [0, 0.1) is 5.82 Å². The van der Waals surface area contributed by atoms with Crippen molar-refractivity contribution in [2.45, 2.75) is 44.1 Å². The molecular weight excluding hydrogens is 457 g/mol. The Balaban J connectivity index is 1.43. The first kappa shape index (κ1) is 23.9. The Morgan fingerprint density at radius 2 is 1.62 bits per heavy atom. The molecule has 1 aliphatic rings. The smallest absolute Gasteiger partial charge is 0.322 e. The van der Waals surface area contributed by atoms with Crippen LogP contribution in [0.1, 0.15) is 53.6 Å². The average Bonchev–Trinajstić information content (AvgIpc) is 2.85. The lowest BCUT2D eigenvalue weighted by Crippen LogP contribution is -2.42. The molecule has 0 aromatic heterocycles. The first-order chi connectivity index (χ1) is 16.5. The Labute approximate surface area is 202 Å². The summed E-state index contributed by atoms with van der Waals surface area (Å²) >= 11 is 6.33. The molecule has 0 bridgehead atoms. The Bertz CT molecular complexity index is 1120. The monoisotopic (exact) mass is 481 g/mol. The van der Waals surface area contributed by atoms with Gasteiger partial charge in [0.25, 0.3) is 5.91 Å². The Morgan fingerprint density at radius 1 is 0.912 bits per heavy atom. The van der Waals surface area contributed by atoms with Crippen LogP contribution in [0.15, 0.2) is 72.8 Å². The molecule has 176 valence electrons. The number of hydrogen-bond acceptors (Lipinski definition) is 4. The van der Waals surface area contributed by atoms with E-state index in [1.54, 1.807) is 6.07 Å². The third-order valence-corrected chi connectivity index (χ3v) is 6.43. The maximum Gasteiger partial charge on any atom is 0.322 e. The summed E-state index contributed by atoms with van der Waals surface area (Å²) in [6.45, 7) is 0.239. The first-order valence-corrected chi connectivity index (χ1v) is 11.6. The summed E-state index contributed by atoms with van der Waals surface area (Å²) in [5.41, 5.74) is 2.73. The van der Waals surface area contributed by atoms with E-state index in [4.69, 9.17) is 21.2 Å². The third-order valence-electron chi connectivity index (χ3n) is 6.11. The topological polar surface area (TPSA) is 64.6 Å². The lowest BCUT2D eigenvalue weighted by molar-refractivity contribution is -0.142. The van der Waals surface area contributed by atoms with E-state index in [9.17, 15) is 14.0 Å². The standard InChI is InChI=1S/C27H25ClFNO4/c28-22-10-7-11-23(29)24(22)27(16-5-2-6-17-27)26(32)34-21-14-12-20(13-15-21)25(31)30-33-18-19-8-3-1-4-9-19/h1,3-4,7-15H,2,5-6,16-18H2,(H,30,31). The molecule has 1 fully saturated rings. The molecule has 3 aromatic carbocycles. The number of halogens is 2. The van der Waals surface area contributed by atoms with Gasteiger partial charge in [0, 0.05) is 16.1 Å². The van der Waals surface area contributed by atoms with E-state index in [1.165, 1.54) is 36.4 Å². The number of ether oxygens (including phenoxy) is 1. The van der Waals surface area contributed by atoms with Crippen LogP contribution in [0.5, 0.6) is 5.75 Å². The van der Waals surface area contributed by atoms with Crippen LogP contribution in [0.2, 0.25) is 5.02 Å². The maximum absolute atomic E-state index is 14.8. The highest BCUT2D eigenvalue weighted by atomic mass is 35.5. The maximum atomic E-state index is 14.8. The minimum atomic E-state index is -1.14. The predicted octanol–water partition coefficient (Wildman–Crippen LogP) is 6.15. The molecule has 0 spiro atoms. The van der Waals surface area contributed by atoms with Gasteiger partial charge in [-0.25, -0.2) is 9.87 Å². The van der Waals surface area contributed by atoms with Crippen molar-refractivity contribution in [3.63, 3.8) is 0 Å². The molecule has 0 atom stereocenters. The predicted molar refractivity (Wildman–Crippen MR) is 127 cm³/mol. The SMILES string of the molecule is O=C(NOCc1ccccc1)c1ccc(OC(=O)C2(c3c(F)cccc3Cl)CCCCC2)cc1.